The number of hydrogen-bond donors (Lipinski definition) is 2. The van der Waals surface area contributed by atoms with E-state index in [1.807, 2.05) is 48.5 Å². The number of aromatic amines is 1. The monoisotopic (exact) mass is 531 g/mol. The summed E-state index contributed by atoms with van der Waals surface area (Å²) < 4.78 is 14.5. The topological polar surface area (TPSA) is 77.0 Å². The molecule has 4 rings (SSSR count). The molecular formula is C22H19BrClN5O2S. The fourth-order valence-corrected chi connectivity index (χ4v) is 4.08. The van der Waals surface area contributed by atoms with Crippen molar-refractivity contribution in [2.45, 2.75) is 13.2 Å². The quantitative estimate of drug-likeness (QED) is 0.281. The molecule has 0 spiro atoms. The fourth-order valence-electron chi connectivity index (χ4n) is 3.09. The molecule has 2 aromatic heterocycles. The van der Waals surface area contributed by atoms with Crippen molar-refractivity contribution in [3.05, 3.63) is 86.3 Å². The second-order valence-electron chi connectivity index (χ2n) is 6.75. The third-order valence-corrected chi connectivity index (χ3v) is 5.90. The lowest BCUT2D eigenvalue weighted by atomic mass is 10.2. The minimum absolute atomic E-state index is 0.325. The van der Waals surface area contributed by atoms with Gasteiger partial charge in [-0.2, -0.15) is 5.10 Å². The lowest BCUT2D eigenvalue weighted by molar-refractivity contribution is 0.282. The second-order valence-corrected chi connectivity index (χ2v) is 8.40. The van der Waals surface area contributed by atoms with Crippen LogP contribution in [0.25, 0.3) is 11.4 Å². The minimum Gasteiger partial charge on any atom is -0.493 e. The summed E-state index contributed by atoms with van der Waals surface area (Å²) in [5.74, 6) is 1.88. The summed E-state index contributed by atoms with van der Waals surface area (Å²) in [6.45, 7) is 0.803. The van der Waals surface area contributed by atoms with Gasteiger partial charge in [-0.15, -0.1) is 0 Å². The SMILES string of the molecule is COc1cc(CNn2c(-c3ccncc3)n[nH]c2=S)cc(Br)c1OCc1ccccc1Cl. The minimum atomic E-state index is 0.325. The number of hydrogen-bond acceptors (Lipinski definition) is 6. The van der Waals surface area contributed by atoms with E-state index in [2.05, 4.69) is 36.5 Å². The molecule has 0 aliphatic rings. The Morgan fingerprint density at radius 1 is 1.19 bits per heavy atom. The van der Waals surface area contributed by atoms with Crippen LogP contribution in [-0.2, 0) is 13.2 Å². The number of nitrogens with zero attached hydrogens (tertiary/aromatic N) is 3. The Kier molecular flexibility index (Phi) is 7.09. The lowest BCUT2D eigenvalue weighted by Crippen LogP contribution is -2.16. The molecule has 32 heavy (non-hydrogen) atoms. The number of rotatable bonds is 8. The number of methoxy groups -OCH3 is 1. The molecule has 0 aliphatic carbocycles. The molecule has 4 aromatic rings. The molecule has 0 radical (unpaired) electrons. The largest absolute Gasteiger partial charge is 0.493 e. The summed E-state index contributed by atoms with van der Waals surface area (Å²) in [6, 6.07) is 15.2. The van der Waals surface area contributed by atoms with Gasteiger partial charge in [-0.05, 0) is 64.0 Å². The highest BCUT2D eigenvalue weighted by molar-refractivity contribution is 9.10. The molecule has 2 heterocycles. The maximum atomic E-state index is 6.24. The second kappa shape index (κ2) is 10.2. The van der Waals surface area contributed by atoms with Gasteiger partial charge < -0.3 is 14.9 Å². The van der Waals surface area contributed by atoms with E-state index in [-0.39, 0.29) is 0 Å². The van der Waals surface area contributed by atoms with E-state index >= 15 is 0 Å². The standard InChI is InChI=1S/C22H19BrClN5O2S/c1-30-19-11-14(10-17(23)20(19)31-13-16-4-2-3-5-18(16)24)12-26-29-21(27-28-22(29)32)15-6-8-25-9-7-15/h2-11,26H,12-13H2,1H3,(H,28,32). The third-order valence-electron chi connectivity index (χ3n) is 4.67. The first-order valence-electron chi connectivity index (χ1n) is 9.61. The third kappa shape index (κ3) is 4.95. The van der Waals surface area contributed by atoms with E-state index in [0.29, 0.717) is 40.3 Å². The van der Waals surface area contributed by atoms with E-state index in [9.17, 15) is 0 Å². The first-order valence-corrected chi connectivity index (χ1v) is 11.2. The molecule has 7 nitrogen and oxygen atoms in total. The number of nitrogens with one attached hydrogen (secondary N) is 2. The van der Waals surface area contributed by atoms with Gasteiger partial charge in [-0.25, -0.2) is 9.77 Å². The van der Waals surface area contributed by atoms with Crippen LogP contribution in [0.15, 0.2) is 65.4 Å². The average molecular weight is 533 g/mol. The van der Waals surface area contributed by atoms with Crippen LogP contribution in [-0.4, -0.2) is 27.0 Å². The van der Waals surface area contributed by atoms with Crippen LogP contribution in [0.1, 0.15) is 11.1 Å². The van der Waals surface area contributed by atoms with Gasteiger partial charge in [-0.3, -0.25) is 4.98 Å². The van der Waals surface area contributed by atoms with Crippen molar-refractivity contribution in [2.75, 3.05) is 12.5 Å². The number of benzene rings is 2. The van der Waals surface area contributed by atoms with Crippen molar-refractivity contribution >= 4 is 39.7 Å². The van der Waals surface area contributed by atoms with Gasteiger partial charge in [0.05, 0.1) is 18.1 Å². The summed E-state index contributed by atoms with van der Waals surface area (Å²) in [5, 5.41) is 7.79. The number of halogens is 2. The number of pyridine rings is 1. The highest BCUT2D eigenvalue weighted by atomic mass is 79.9. The molecule has 164 valence electrons. The molecule has 0 amide bonds. The summed E-state index contributed by atoms with van der Waals surface area (Å²) in [5.41, 5.74) is 6.05. The van der Waals surface area contributed by atoms with E-state index in [1.165, 1.54) is 0 Å². The van der Waals surface area contributed by atoms with Crippen molar-refractivity contribution in [1.82, 2.24) is 19.9 Å². The van der Waals surface area contributed by atoms with E-state index < -0.39 is 0 Å². The number of aromatic nitrogens is 4. The van der Waals surface area contributed by atoms with Crippen molar-refractivity contribution in [2.24, 2.45) is 0 Å². The Bertz CT molecular complexity index is 1280. The van der Waals surface area contributed by atoms with Crippen LogP contribution in [0.3, 0.4) is 0 Å². The normalized spacial score (nSPS) is 10.7. The van der Waals surface area contributed by atoms with Gasteiger partial charge in [0.1, 0.15) is 6.61 Å². The van der Waals surface area contributed by atoms with Gasteiger partial charge >= 0.3 is 0 Å². The molecule has 2 N–H and O–H groups in total. The number of ether oxygens (including phenoxy) is 2. The summed E-state index contributed by atoms with van der Waals surface area (Å²) in [6.07, 6.45) is 3.42. The molecule has 10 heteroatoms. The van der Waals surface area contributed by atoms with E-state index in [0.717, 1.165) is 21.2 Å². The Labute approximate surface area is 203 Å². The smallest absolute Gasteiger partial charge is 0.214 e. The molecule has 0 unspecified atom stereocenters. The van der Waals surface area contributed by atoms with Crippen LogP contribution in [0.4, 0.5) is 0 Å². The van der Waals surface area contributed by atoms with E-state index in [1.54, 1.807) is 24.2 Å². The summed E-state index contributed by atoms with van der Waals surface area (Å²) in [7, 11) is 1.61. The van der Waals surface area contributed by atoms with Gasteiger partial charge in [0.25, 0.3) is 0 Å². The van der Waals surface area contributed by atoms with E-state index in [4.69, 9.17) is 33.3 Å². The predicted molar refractivity (Wildman–Crippen MR) is 130 cm³/mol. The zero-order chi connectivity index (χ0) is 22.5. The maximum Gasteiger partial charge on any atom is 0.214 e. The van der Waals surface area contributed by atoms with Crippen molar-refractivity contribution in [3.63, 3.8) is 0 Å². The highest BCUT2D eigenvalue weighted by Gasteiger charge is 2.14. The van der Waals surface area contributed by atoms with Crippen LogP contribution in [0.2, 0.25) is 5.02 Å². The molecule has 0 atom stereocenters. The number of H-pyrrole nitrogens is 1. The predicted octanol–water partition coefficient (Wildman–Crippen LogP) is 5.75. The molecule has 2 aromatic carbocycles. The molecule has 0 bridgehead atoms. The molecule has 0 fully saturated rings. The van der Waals surface area contributed by atoms with Gasteiger partial charge in [-0.1, -0.05) is 29.8 Å². The van der Waals surface area contributed by atoms with Crippen molar-refractivity contribution in [3.8, 4) is 22.9 Å². The fraction of sp³-hybridized carbons (Fsp3) is 0.136. The first-order chi connectivity index (χ1) is 15.6. The van der Waals surface area contributed by atoms with Crippen LogP contribution in [0.5, 0.6) is 11.5 Å². The Balaban J connectivity index is 1.52. The molecule has 0 saturated heterocycles. The maximum absolute atomic E-state index is 6.24. The molecule has 0 aliphatic heterocycles. The molecular weight excluding hydrogens is 514 g/mol. The van der Waals surface area contributed by atoms with Gasteiger partial charge in [0.2, 0.25) is 4.77 Å². The summed E-state index contributed by atoms with van der Waals surface area (Å²) in [4.78, 5) is 4.05. The Morgan fingerprint density at radius 3 is 2.72 bits per heavy atom. The van der Waals surface area contributed by atoms with Crippen molar-refractivity contribution < 1.29 is 9.47 Å². The lowest BCUT2D eigenvalue weighted by Gasteiger charge is -2.16. The first kappa shape index (κ1) is 22.3. The Hall–Kier alpha value is -2.88. The van der Waals surface area contributed by atoms with Gasteiger partial charge in [0, 0.05) is 28.5 Å². The average Bonchev–Trinajstić information content (AvgIpc) is 3.18. The van der Waals surface area contributed by atoms with Crippen LogP contribution >= 0.6 is 39.7 Å². The highest BCUT2D eigenvalue weighted by Crippen LogP contribution is 2.37. The zero-order valence-electron chi connectivity index (χ0n) is 17.0. The molecule has 0 saturated carbocycles. The van der Waals surface area contributed by atoms with Crippen LogP contribution in [0, 0.1) is 4.77 Å². The summed E-state index contributed by atoms with van der Waals surface area (Å²) >= 11 is 15.2. The van der Waals surface area contributed by atoms with Crippen LogP contribution < -0.4 is 14.9 Å². The van der Waals surface area contributed by atoms with Crippen molar-refractivity contribution in [1.29, 1.82) is 0 Å². The zero-order valence-corrected chi connectivity index (χ0v) is 20.2. The van der Waals surface area contributed by atoms with Gasteiger partial charge in [0.15, 0.2) is 17.3 Å². The Morgan fingerprint density at radius 2 is 1.97 bits per heavy atom.